The maximum Gasteiger partial charge on any atom is 0.0490 e. The molecule has 2 aliphatic heterocycles. The van der Waals surface area contributed by atoms with Crippen LogP contribution in [0, 0.1) is 0 Å². The Labute approximate surface area is 149 Å². The van der Waals surface area contributed by atoms with Crippen molar-refractivity contribution in [2.24, 2.45) is 5.73 Å². The molecule has 3 nitrogen and oxygen atoms in total. The van der Waals surface area contributed by atoms with Gasteiger partial charge < -0.3 is 16.0 Å². The molecule has 0 saturated heterocycles. The molecule has 0 aliphatic carbocycles. The van der Waals surface area contributed by atoms with Crippen LogP contribution >= 0.6 is 0 Å². The van der Waals surface area contributed by atoms with E-state index in [1.165, 1.54) is 28.2 Å². The van der Waals surface area contributed by atoms with Crippen molar-refractivity contribution < 1.29 is 0 Å². The summed E-state index contributed by atoms with van der Waals surface area (Å²) in [7, 11) is 0. The Morgan fingerprint density at radius 3 is 2.60 bits per heavy atom. The van der Waals surface area contributed by atoms with Crippen molar-refractivity contribution in [2.45, 2.75) is 25.2 Å². The number of anilines is 1. The fraction of sp³-hybridized carbons (Fsp3) is 0.273. The van der Waals surface area contributed by atoms with Crippen LogP contribution in [-0.2, 0) is 6.42 Å². The average molecular weight is 331 g/mol. The molecule has 2 aromatic carbocycles. The van der Waals surface area contributed by atoms with Crippen molar-refractivity contribution in [1.82, 2.24) is 5.32 Å². The molecule has 4 rings (SSSR count). The Kier molecular flexibility index (Phi) is 4.57. The lowest BCUT2D eigenvalue weighted by atomic mass is 9.95. The summed E-state index contributed by atoms with van der Waals surface area (Å²) in [5.41, 5.74) is 12.7. The summed E-state index contributed by atoms with van der Waals surface area (Å²) < 4.78 is 0. The molecule has 1 unspecified atom stereocenters. The number of allylic oxidation sites excluding steroid dienone is 1. The van der Waals surface area contributed by atoms with Crippen molar-refractivity contribution in [3.05, 3.63) is 89.4 Å². The molecule has 0 spiro atoms. The highest BCUT2D eigenvalue weighted by Gasteiger charge is 2.35. The van der Waals surface area contributed by atoms with E-state index in [9.17, 15) is 0 Å². The molecule has 0 aromatic heterocycles. The molecule has 0 amide bonds. The van der Waals surface area contributed by atoms with Gasteiger partial charge in [0.1, 0.15) is 0 Å². The first kappa shape index (κ1) is 16.0. The van der Waals surface area contributed by atoms with Gasteiger partial charge in [0.2, 0.25) is 0 Å². The van der Waals surface area contributed by atoms with Gasteiger partial charge in [-0.2, -0.15) is 0 Å². The van der Waals surface area contributed by atoms with Gasteiger partial charge in [-0.3, -0.25) is 0 Å². The first-order valence-electron chi connectivity index (χ1n) is 9.15. The molecule has 0 saturated carbocycles. The first-order chi connectivity index (χ1) is 12.4. The van der Waals surface area contributed by atoms with Gasteiger partial charge in [-0.25, -0.2) is 0 Å². The van der Waals surface area contributed by atoms with E-state index in [1.54, 1.807) is 0 Å². The van der Waals surface area contributed by atoms with Gasteiger partial charge >= 0.3 is 0 Å². The van der Waals surface area contributed by atoms with E-state index in [1.807, 2.05) is 0 Å². The van der Waals surface area contributed by atoms with Gasteiger partial charge in [-0.05, 0) is 42.8 Å². The average Bonchev–Trinajstić information content (AvgIpc) is 2.98. The highest BCUT2D eigenvalue weighted by Crippen LogP contribution is 2.46. The summed E-state index contributed by atoms with van der Waals surface area (Å²) >= 11 is 0. The van der Waals surface area contributed by atoms with Crippen LogP contribution < -0.4 is 16.0 Å². The molecule has 128 valence electrons. The highest BCUT2D eigenvalue weighted by molar-refractivity contribution is 5.70. The Balaban J connectivity index is 1.59. The molecule has 2 heterocycles. The van der Waals surface area contributed by atoms with Crippen molar-refractivity contribution in [3.63, 3.8) is 0 Å². The monoisotopic (exact) mass is 331 g/mol. The van der Waals surface area contributed by atoms with Crippen LogP contribution in [0.2, 0.25) is 0 Å². The molecule has 1 atom stereocenters. The largest absolute Gasteiger partial charge is 0.364 e. The molecule has 25 heavy (non-hydrogen) atoms. The summed E-state index contributed by atoms with van der Waals surface area (Å²) in [6.07, 6.45) is 7.47. The van der Waals surface area contributed by atoms with E-state index >= 15 is 0 Å². The zero-order chi connectivity index (χ0) is 17.1. The highest BCUT2D eigenvalue weighted by atomic mass is 15.2. The standard InChI is InChI=1S/C22H25N3/c23-14-12-20-22-19(13-15-24-20)18-10-4-5-11-21(18)25(22)16-6-9-17-7-2-1-3-8-17/h1-5,7-8,10-11,13,15,19,24H,6,9,12,14,16,23H2. The van der Waals surface area contributed by atoms with Gasteiger partial charge in [0, 0.05) is 36.0 Å². The summed E-state index contributed by atoms with van der Waals surface area (Å²) in [5, 5.41) is 3.44. The quantitative estimate of drug-likeness (QED) is 0.843. The minimum atomic E-state index is 0.357. The second kappa shape index (κ2) is 7.16. The van der Waals surface area contributed by atoms with Crippen LogP contribution in [0.5, 0.6) is 0 Å². The van der Waals surface area contributed by atoms with E-state index in [-0.39, 0.29) is 0 Å². The molecule has 0 bridgehead atoms. The van der Waals surface area contributed by atoms with Gasteiger partial charge in [0.25, 0.3) is 0 Å². The van der Waals surface area contributed by atoms with Crippen LogP contribution in [0.4, 0.5) is 5.69 Å². The Hall–Kier alpha value is -2.52. The third kappa shape index (κ3) is 3.08. The van der Waals surface area contributed by atoms with Gasteiger partial charge in [-0.1, -0.05) is 54.6 Å². The van der Waals surface area contributed by atoms with Crippen LogP contribution in [0.1, 0.15) is 29.9 Å². The number of nitrogens with zero attached hydrogens (tertiary/aromatic N) is 1. The second-order valence-corrected chi connectivity index (χ2v) is 6.68. The summed E-state index contributed by atoms with van der Waals surface area (Å²) in [5.74, 6) is 0.357. The minimum Gasteiger partial charge on any atom is -0.364 e. The number of aryl methyl sites for hydroxylation is 1. The predicted octanol–water partition coefficient (Wildman–Crippen LogP) is 3.90. The van der Waals surface area contributed by atoms with Gasteiger partial charge in [-0.15, -0.1) is 0 Å². The molecule has 0 fully saturated rings. The Morgan fingerprint density at radius 2 is 1.76 bits per heavy atom. The lowest BCUT2D eigenvalue weighted by Gasteiger charge is -2.28. The topological polar surface area (TPSA) is 41.3 Å². The minimum absolute atomic E-state index is 0.357. The lowest BCUT2D eigenvalue weighted by molar-refractivity contribution is 0.735. The number of benzene rings is 2. The van der Waals surface area contributed by atoms with E-state index in [2.05, 4.69) is 77.1 Å². The van der Waals surface area contributed by atoms with E-state index in [0.29, 0.717) is 12.5 Å². The fourth-order valence-electron chi connectivity index (χ4n) is 3.98. The molecule has 2 aromatic rings. The van der Waals surface area contributed by atoms with Crippen molar-refractivity contribution in [1.29, 1.82) is 0 Å². The summed E-state index contributed by atoms with van der Waals surface area (Å²) in [4.78, 5) is 2.50. The van der Waals surface area contributed by atoms with Gasteiger partial charge in [0.15, 0.2) is 0 Å². The molecule has 0 radical (unpaired) electrons. The molecule has 3 N–H and O–H groups in total. The maximum absolute atomic E-state index is 5.85. The number of hydrogen-bond acceptors (Lipinski definition) is 3. The predicted molar refractivity (Wildman–Crippen MR) is 104 cm³/mol. The zero-order valence-electron chi connectivity index (χ0n) is 14.5. The Bertz CT molecular complexity index is 792. The molecular formula is C22H25N3. The van der Waals surface area contributed by atoms with Gasteiger partial charge in [0.05, 0.1) is 0 Å². The van der Waals surface area contributed by atoms with Crippen LogP contribution in [0.25, 0.3) is 0 Å². The number of nitrogens with two attached hydrogens (primary N) is 1. The number of nitrogens with one attached hydrogen (secondary N) is 1. The summed E-state index contributed by atoms with van der Waals surface area (Å²) in [6, 6.07) is 19.5. The lowest BCUT2D eigenvalue weighted by Crippen LogP contribution is -2.28. The third-order valence-electron chi connectivity index (χ3n) is 5.09. The first-order valence-corrected chi connectivity index (χ1v) is 9.15. The van der Waals surface area contributed by atoms with Crippen molar-refractivity contribution in [3.8, 4) is 0 Å². The third-order valence-corrected chi connectivity index (χ3v) is 5.09. The second-order valence-electron chi connectivity index (χ2n) is 6.68. The molecular weight excluding hydrogens is 306 g/mol. The zero-order valence-corrected chi connectivity index (χ0v) is 14.5. The van der Waals surface area contributed by atoms with Crippen LogP contribution in [0.3, 0.4) is 0 Å². The number of hydrogen-bond donors (Lipinski definition) is 2. The normalized spacial score (nSPS) is 18.1. The van der Waals surface area contributed by atoms with Crippen molar-refractivity contribution in [2.75, 3.05) is 18.0 Å². The smallest absolute Gasteiger partial charge is 0.0490 e. The molecule has 3 heteroatoms. The maximum atomic E-state index is 5.85. The van der Waals surface area contributed by atoms with E-state index in [4.69, 9.17) is 5.73 Å². The molecule has 2 aliphatic rings. The van der Waals surface area contributed by atoms with E-state index in [0.717, 1.165) is 25.8 Å². The SMILES string of the molecule is NCCC1=C2C(C=CN1)c1ccccc1N2CCCc1ccccc1. The van der Waals surface area contributed by atoms with Crippen molar-refractivity contribution >= 4 is 5.69 Å². The van der Waals surface area contributed by atoms with Crippen LogP contribution in [0.15, 0.2) is 78.3 Å². The number of fused-ring (bicyclic) bond motifs is 3. The summed E-state index contributed by atoms with van der Waals surface area (Å²) in [6.45, 7) is 1.70. The van der Waals surface area contributed by atoms with Crippen LogP contribution in [-0.4, -0.2) is 13.1 Å². The Morgan fingerprint density at radius 1 is 0.960 bits per heavy atom. The number of rotatable bonds is 6. The number of dihydropyridines is 1. The fourth-order valence-corrected chi connectivity index (χ4v) is 3.98. The van der Waals surface area contributed by atoms with E-state index < -0.39 is 0 Å². The number of para-hydroxylation sites is 1.